The largest absolute Gasteiger partial charge is 4.00 e. The summed E-state index contributed by atoms with van der Waals surface area (Å²) in [5.41, 5.74) is 0. The molecule has 160 valence electrons. The van der Waals surface area contributed by atoms with Crippen LogP contribution in [0.25, 0.3) is 0 Å². The van der Waals surface area contributed by atoms with E-state index in [1.54, 1.807) is 0 Å². The Bertz CT molecular complexity index is 532. The third-order valence-corrected chi connectivity index (χ3v) is 1.32. The Morgan fingerprint density at radius 2 is 0.517 bits per heavy atom. The summed E-state index contributed by atoms with van der Waals surface area (Å²) in [5, 5.41) is 99.3. The van der Waals surface area contributed by atoms with Crippen LogP contribution in [-0.4, -0.2) is 64.7 Å². The zero-order valence-corrected chi connectivity index (χ0v) is 16.1. The SMILES string of the molecule is O=C(O)/C(O)=C/[O-].O=C(O)/C(O)=C/[O-].O=C(O)/C(O)=C/[O-].O=C(O)/C(O)=C/[O-].[Zr+4]. The summed E-state index contributed by atoms with van der Waals surface area (Å²) in [6.45, 7) is 0. The summed E-state index contributed by atoms with van der Waals surface area (Å²) >= 11 is 0. The van der Waals surface area contributed by atoms with Gasteiger partial charge in [-0.2, -0.15) is 0 Å². The van der Waals surface area contributed by atoms with E-state index in [1.807, 2.05) is 0 Å². The Labute approximate surface area is 178 Å². The van der Waals surface area contributed by atoms with E-state index in [-0.39, 0.29) is 51.3 Å². The van der Waals surface area contributed by atoms with Gasteiger partial charge < -0.3 is 61.3 Å². The maximum atomic E-state index is 9.41. The first-order chi connectivity index (χ1) is 12.7. The third-order valence-electron chi connectivity index (χ3n) is 1.32. The second-order valence-electron chi connectivity index (χ2n) is 3.23. The predicted octanol–water partition coefficient (Wildman–Crippen LogP) is -4.68. The minimum atomic E-state index is -1.60. The van der Waals surface area contributed by atoms with Crippen LogP contribution < -0.4 is 20.4 Å². The zero-order valence-electron chi connectivity index (χ0n) is 13.7. The van der Waals surface area contributed by atoms with Crippen LogP contribution >= 0.6 is 0 Å². The summed E-state index contributed by atoms with van der Waals surface area (Å²) in [6, 6.07) is 0. The van der Waals surface area contributed by atoms with Gasteiger partial charge in [0.2, 0.25) is 0 Å². The molecule has 0 fully saturated rings. The molecule has 0 heterocycles. The van der Waals surface area contributed by atoms with E-state index in [0.717, 1.165) is 0 Å². The van der Waals surface area contributed by atoms with E-state index >= 15 is 0 Å². The van der Waals surface area contributed by atoms with Crippen molar-refractivity contribution >= 4 is 23.9 Å². The summed E-state index contributed by atoms with van der Waals surface area (Å²) in [5.74, 6) is -11.1. The number of carbonyl (C=O) groups is 4. The van der Waals surface area contributed by atoms with Crippen molar-refractivity contribution in [2.24, 2.45) is 0 Å². The van der Waals surface area contributed by atoms with Crippen molar-refractivity contribution < 1.29 is 107 Å². The Balaban J connectivity index is -0.0000000873. The van der Waals surface area contributed by atoms with E-state index in [1.165, 1.54) is 0 Å². The molecule has 0 aromatic heterocycles. The average molecular weight is 503 g/mol. The summed E-state index contributed by atoms with van der Waals surface area (Å²) in [4.78, 5) is 37.6. The molecule has 0 amide bonds. The minimum absolute atomic E-state index is 0. The van der Waals surface area contributed by atoms with Crippen LogP contribution in [0, 0.1) is 0 Å². The van der Waals surface area contributed by atoms with Crippen LogP contribution in [0.1, 0.15) is 0 Å². The Hall–Kier alpha value is -3.88. The fraction of sp³-hybridized carbons (Fsp3) is 0. The first-order valence-electron chi connectivity index (χ1n) is 5.70. The molecule has 0 bridgehead atoms. The van der Waals surface area contributed by atoms with E-state index in [9.17, 15) is 39.6 Å². The predicted molar refractivity (Wildman–Crippen MR) is 73.4 cm³/mol. The Kier molecular flexibility index (Phi) is 27.6. The number of aliphatic hydroxyl groups excluding tert-OH is 4. The van der Waals surface area contributed by atoms with E-state index < -0.39 is 46.9 Å². The average Bonchev–Trinajstić information content (AvgIpc) is 2.66. The van der Waals surface area contributed by atoms with Crippen LogP contribution in [0.5, 0.6) is 0 Å². The van der Waals surface area contributed by atoms with Crippen LogP contribution in [0.4, 0.5) is 0 Å². The molecule has 0 atom stereocenters. The first kappa shape index (κ1) is 36.1. The van der Waals surface area contributed by atoms with Crippen LogP contribution in [0.3, 0.4) is 0 Å². The van der Waals surface area contributed by atoms with E-state index in [4.69, 9.17) is 40.9 Å². The van der Waals surface area contributed by atoms with Crippen molar-refractivity contribution in [3.05, 3.63) is 48.1 Å². The van der Waals surface area contributed by atoms with Gasteiger partial charge in [0.05, 0.1) is 0 Å². The van der Waals surface area contributed by atoms with Gasteiger partial charge in [-0.3, -0.25) is 0 Å². The monoisotopic (exact) mass is 502 g/mol. The van der Waals surface area contributed by atoms with Gasteiger partial charge in [0.15, 0.2) is 23.0 Å². The molecule has 0 aliphatic rings. The molecule has 8 N–H and O–H groups in total. The van der Waals surface area contributed by atoms with Gasteiger partial charge in [0.1, 0.15) is 0 Å². The van der Waals surface area contributed by atoms with Crippen molar-refractivity contribution in [1.29, 1.82) is 0 Å². The minimum Gasteiger partial charge on any atom is -0.875 e. The molecule has 0 aliphatic carbocycles. The molecule has 29 heavy (non-hydrogen) atoms. The molecule has 0 unspecified atom stereocenters. The van der Waals surface area contributed by atoms with Crippen molar-refractivity contribution in [2.75, 3.05) is 0 Å². The summed E-state index contributed by atoms with van der Waals surface area (Å²) < 4.78 is 0. The molecule has 0 aromatic rings. The standard InChI is InChI=1S/4C3H4O4.Zr/c4*4-1-2(5)3(6)7;/h4*1,4-5H,(H,6,7);/q;;;;+4/p-4/b4*2-1-;. The van der Waals surface area contributed by atoms with E-state index in [2.05, 4.69) is 0 Å². The molecule has 0 aliphatic heterocycles. The number of hydrogen-bond acceptors (Lipinski definition) is 12. The molecule has 0 aromatic carbocycles. The quantitative estimate of drug-likeness (QED) is 0.132. The Morgan fingerprint density at radius 3 is 0.517 bits per heavy atom. The van der Waals surface area contributed by atoms with Gasteiger partial charge in [-0.25, -0.2) is 19.2 Å². The fourth-order valence-electron chi connectivity index (χ4n) is 0.202. The van der Waals surface area contributed by atoms with Crippen molar-refractivity contribution in [3.63, 3.8) is 0 Å². The molecular weight excluding hydrogens is 491 g/mol. The molecule has 0 rings (SSSR count). The van der Waals surface area contributed by atoms with Gasteiger partial charge in [-0.05, 0) is 0 Å². The normalized spacial score (nSPS) is 10.8. The topological polar surface area (TPSA) is 322 Å². The Morgan fingerprint density at radius 1 is 0.414 bits per heavy atom. The molecule has 0 saturated carbocycles. The maximum Gasteiger partial charge on any atom is 4.00 e. The van der Waals surface area contributed by atoms with Crippen molar-refractivity contribution in [2.45, 2.75) is 0 Å². The van der Waals surface area contributed by atoms with Crippen LogP contribution in [0.15, 0.2) is 48.1 Å². The molecule has 0 radical (unpaired) electrons. The first-order valence-corrected chi connectivity index (χ1v) is 5.70. The second-order valence-corrected chi connectivity index (χ2v) is 3.23. The van der Waals surface area contributed by atoms with Crippen molar-refractivity contribution in [1.82, 2.24) is 0 Å². The van der Waals surface area contributed by atoms with Gasteiger partial charge in [0.25, 0.3) is 0 Å². The second kappa shape index (κ2) is 22.2. The number of carboxylic acid groups (broad SMARTS) is 4. The molecule has 0 spiro atoms. The number of aliphatic carboxylic acids is 4. The van der Waals surface area contributed by atoms with Crippen LogP contribution in [0.2, 0.25) is 0 Å². The van der Waals surface area contributed by atoms with Gasteiger partial charge in [-0.1, -0.05) is 25.0 Å². The van der Waals surface area contributed by atoms with Crippen molar-refractivity contribution in [3.8, 4) is 0 Å². The molecular formula is C12H12O16Zr. The maximum absolute atomic E-state index is 9.41. The van der Waals surface area contributed by atoms with E-state index in [0.29, 0.717) is 0 Å². The number of hydrogen-bond donors (Lipinski definition) is 8. The van der Waals surface area contributed by atoms with Gasteiger partial charge in [0, 0.05) is 0 Å². The van der Waals surface area contributed by atoms with Gasteiger partial charge >= 0.3 is 50.1 Å². The number of aliphatic hydroxyl groups is 4. The third kappa shape index (κ3) is 29.2. The summed E-state index contributed by atoms with van der Waals surface area (Å²) in [7, 11) is 0. The molecule has 17 heteroatoms. The number of carboxylic acids is 4. The summed E-state index contributed by atoms with van der Waals surface area (Å²) in [6.07, 6.45) is -0.546. The van der Waals surface area contributed by atoms with Gasteiger partial charge in [-0.15, -0.1) is 0 Å². The molecule has 0 saturated heterocycles. The fourth-order valence-corrected chi connectivity index (χ4v) is 0.202. The number of rotatable bonds is 4. The smallest absolute Gasteiger partial charge is 0.875 e. The van der Waals surface area contributed by atoms with Crippen LogP contribution in [-0.2, 0) is 45.4 Å². The molecule has 16 nitrogen and oxygen atoms in total. The zero-order chi connectivity index (χ0) is 23.4.